The van der Waals surface area contributed by atoms with Gasteiger partial charge in [0.15, 0.2) is 0 Å². The number of hydrogen-bond acceptors (Lipinski definition) is 5. The van der Waals surface area contributed by atoms with Gasteiger partial charge in [0.05, 0.1) is 11.4 Å². The lowest BCUT2D eigenvalue weighted by Gasteiger charge is -2.34. The monoisotopic (exact) mass is 359 g/mol. The molecule has 2 aliphatic rings. The highest BCUT2D eigenvalue weighted by molar-refractivity contribution is 7.14. The largest absolute Gasteiger partial charge is 0.335 e. The molecule has 1 fully saturated rings. The molecule has 2 aromatic heterocycles. The normalized spacial score (nSPS) is 18.8. The Labute approximate surface area is 152 Å². The number of thiophene rings is 1. The summed E-state index contributed by atoms with van der Waals surface area (Å²) in [5, 5.41) is 4.14. The van der Waals surface area contributed by atoms with Crippen LogP contribution in [-0.4, -0.2) is 63.2 Å². The van der Waals surface area contributed by atoms with Gasteiger partial charge in [0.2, 0.25) is 0 Å². The Kier molecular flexibility index (Phi) is 5.12. The fourth-order valence-electron chi connectivity index (χ4n) is 3.70. The molecule has 2 aromatic rings. The first-order valence-corrected chi connectivity index (χ1v) is 10.1. The molecule has 25 heavy (non-hydrogen) atoms. The molecule has 3 heterocycles. The molecule has 0 spiro atoms. The molecule has 4 rings (SSSR count). The lowest BCUT2D eigenvalue weighted by atomic mass is 10.1. The number of amides is 1. The summed E-state index contributed by atoms with van der Waals surface area (Å²) in [5.74, 6) is 0.231. The van der Waals surface area contributed by atoms with Crippen molar-refractivity contribution in [3.8, 4) is 0 Å². The van der Waals surface area contributed by atoms with E-state index in [0.29, 0.717) is 0 Å². The second kappa shape index (κ2) is 7.66. The standard InChI is InChI=1S/C18H25N5OS/c24-18(17-12-15-4-2-1-3-5-16(15)25-17)22-9-6-21(7-10-22)8-11-23-14-19-13-20-23/h12-14H,1-11H2. The van der Waals surface area contributed by atoms with Gasteiger partial charge in [-0.1, -0.05) is 6.42 Å². The molecule has 0 N–H and O–H groups in total. The highest BCUT2D eigenvalue weighted by Gasteiger charge is 2.24. The van der Waals surface area contributed by atoms with E-state index >= 15 is 0 Å². The van der Waals surface area contributed by atoms with E-state index < -0.39 is 0 Å². The van der Waals surface area contributed by atoms with Crippen molar-refractivity contribution in [2.45, 2.75) is 38.6 Å². The quantitative estimate of drug-likeness (QED) is 0.784. The van der Waals surface area contributed by atoms with E-state index in [4.69, 9.17) is 0 Å². The Hall–Kier alpha value is -1.73. The van der Waals surface area contributed by atoms with Crippen LogP contribution < -0.4 is 0 Å². The highest BCUT2D eigenvalue weighted by atomic mass is 32.1. The van der Waals surface area contributed by atoms with Gasteiger partial charge >= 0.3 is 0 Å². The van der Waals surface area contributed by atoms with Crippen molar-refractivity contribution in [2.24, 2.45) is 0 Å². The number of aryl methyl sites for hydroxylation is 2. The Bertz CT molecular complexity index is 680. The second-order valence-corrected chi connectivity index (χ2v) is 8.05. The SMILES string of the molecule is O=C(c1cc2c(s1)CCCCC2)N1CCN(CCn2cncn2)CC1. The minimum absolute atomic E-state index is 0.231. The van der Waals surface area contributed by atoms with Crippen LogP contribution in [-0.2, 0) is 19.4 Å². The first-order valence-electron chi connectivity index (χ1n) is 9.25. The Morgan fingerprint density at radius 2 is 1.92 bits per heavy atom. The number of piperazine rings is 1. The van der Waals surface area contributed by atoms with Crippen molar-refractivity contribution in [1.29, 1.82) is 0 Å². The Balaban J connectivity index is 1.30. The van der Waals surface area contributed by atoms with Crippen molar-refractivity contribution in [3.05, 3.63) is 34.0 Å². The maximum atomic E-state index is 12.9. The minimum Gasteiger partial charge on any atom is -0.335 e. The van der Waals surface area contributed by atoms with Crippen LogP contribution in [0.5, 0.6) is 0 Å². The van der Waals surface area contributed by atoms with Crippen LogP contribution in [0.25, 0.3) is 0 Å². The predicted molar refractivity (Wildman–Crippen MR) is 97.9 cm³/mol. The number of nitrogens with zero attached hydrogens (tertiary/aromatic N) is 5. The van der Waals surface area contributed by atoms with Crippen LogP contribution in [0.2, 0.25) is 0 Å². The van der Waals surface area contributed by atoms with Gasteiger partial charge in [-0.15, -0.1) is 11.3 Å². The number of aromatic nitrogens is 3. The van der Waals surface area contributed by atoms with E-state index in [-0.39, 0.29) is 5.91 Å². The van der Waals surface area contributed by atoms with Crippen molar-refractivity contribution in [2.75, 3.05) is 32.7 Å². The fraction of sp³-hybridized carbons (Fsp3) is 0.611. The zero-order valence-electron chi connectivity index (χ0n) is 14.6. The number of carbonyl (C=O) groups is 1. The van der Waals surface area contributed by atoms with E-state index in [9.17, 15) is 4.79 Å². The summed E-state index contributed by atoms with van der Waals surface area (Å²) in [7, 11) is 0. The molecule has 1 amide bonds. The van der Waals surface area contributed by atoms with E-state index in [1.807, 2.05) is 9.58 Å². The molecule has 6 nitrogen and oxygen atoms in total. The van der Waals surface area contributed by atoms with Gasteiger partial charge in [-0.2, -0.15) is 5.10 Å². The number of rotatable bonds is 4. The Morgan fingerprint density at radius 1 is 1.08 bits per heavy atom. The maximum Gasteiger partial charge on any atom is 0.264 e. The van der Waals surface area contributed by atoms with Crippen molar-refractivity contribution in [1.82, 2.24) is 24.6 Å². The molecule has 1 aliphatic heterocycles. The number of fused-ring (bicyclic) bond motifs is 1. The van der Waals surface area contributed by atoms with Crippen LogP contribution in [0.4, 0.5) is 0 Å². The van der Waals surface area contributed by atoms with Gasteiger partial charge in [-0.3, -0.25) is 14.4 Å². The van der Waals surface area contributed by atoms with E-state index in [2.05, 4.69) is 21.0 Å². The first kappa shape index (κ1) is 16.7. The smallest absolute Gasteiger partial charge is 0.264 e. The summed E-state index contributed by atoms with van der Waals surface area (Å²) in [4.78, 5) is 23.6. The molecule has 0 atom stereocenters. The summed E-state index contributed by atoms with van der Waals surface area (Å²) in [5.41, 5.74) is 1.43. The molecule has 0 aromatic carbocycles. The predicted octanol–water partition coefficient (Wildman–Crippen LogP) is 2.07. The van der Waals surface area contributed by atoms with Crippen molar-refractivity contribution in [3.63, 3.8) is 0 Å². The third kappa shape index (κ3) is 3.93. The average molecular weight is 359 g/mol. The van der Waals surface area contributed by atoms with Crippen LogP contribution in [0.3, 0.4) is 0 Å². The van der Waals surface area contributed by atoms with Gasteiger partial charge in [-0.05, 0) is 37.3 Å². The maximum absolute atomic E-state index is 12.9. The van der Waals surface area contributed by atoms with Gasteiger partial charge < -0.3 is 4.90 Å². The zero-order chi connectivity index (χ0) is 17.1. The number of hydrogen-bond donors (Lipinski definition) is 0. The molecular weight excluding hydrogens is 334 g/mol. The summed E-state index contributed by atoms with van der Waals surface area (Å²) in [6, 6.07) is 2.17. The second-order valence-electron chi connectivity index (χ2n) is 6.91. The molecule has 1 saturated heterocycles. The third-order valence-electron chi connectivity index (χ3n) is 5.23. The number of carbonyl (C=O) groups excluding carboxylic acids is 1. The molecule has 0 unspecified atom stereocenters. The lowest BCUT2D eigenvalue weighted by molar-refractivity contribution is 0.0636. The molecule has 1 aliphatic carbocycles. The summed E-state index contributed by atoms with van der Waals surface area (Å²) < 4.78 is 1.86. The van der Waals surface area contributed by atoms with Gasteiger partial charge in [0.1, 0.15) is 12.7 Å². The van der Waals surface area contributed by atoms with Crippen molar-refractivity contribution >= 4 is 17.2 Å². The van der Waals surface area contributed by atoms with E-state index in [0.717, 1.165) is 57.0 Å². The topological polar surface area (TPSA) is 54.3 Å². The zero-order valence-corrected chi connectivity index (χ0v) is 15.4. The van der Waals surface area contributed by atoms with Crippen molar-refractivity contribution < 1.29 is 4.79 Å². The molecule has 134 valence electrons. The minimum atomic E-state index is 0.231. The molecule has 7 heteroatoms. The summed E-state index contributed by atoms with van der Waals surface area (Å²) in [6.07, 6.45) is 9.48. The van der Waals surface area contributed by atoms with Crippen LogP contribution in [0, 0.1) is 0 Å². The fourth-order valence-corrected chi connectivity index (χ4v) is 4.92. The van der Waals surface area contributed by atoms with E-state index in [1.165, 1.54) is 29.7 Å². The Morgan fingerprint density at radius 3 is 2.72 bits per heavy atom. The van der Waals surface area contributed by atoms with Gasteiger partial charge in [-0.25, -0.2) is 4.98 Å². The third-order valence-corrected chi connectivity index (χ3v) is 6.45. The van der Waals surface area contributed by atoms with Crippen LogP contribution >= 0.6 is 11.3 Å². The van der Waals surface area contributed by atoms with Gasteiger partial charge in [0, 0.05) is 37.6 Å². The molecule has 0 bridgehead atoms. The summed E-state index contributed by atoms with van der Waals surface area (Å²) in [6.45, 7) is 5.32. The lowest BCUT2D eigenvalue weighted by Crippen LogP contribution is -2.49. The summed E-state index contributed by atoms with van der Waals surface area (Å²) >= 11 is 1.74. The molecular formula is C18H25N5OS. The van der Waals surface area contributed by atoms with Crippen LogP contribution in [0.15, 0.2) is 18.7 Å². The highest BCUT2D eigenvalue weighted by Crippen LogP contribution is 2.29. The first-order chi connectivity index (χ1) is 12.3. The average Bonchev–Trinajstić information content (AvgIpc) is 3.25. The van der Waals surface area contributed by atoms with Gasteiger partial charge in [0.25, 0.3) is 5.91 Å². The van der Waals surface area contributed by atoms with E-state index in [1.54, 1.807) is 24.0 Å². The molecule has 0 radical (unpaired) electrons. The van der Waals surface area contributed by atoms with Crippen LogP contribution in [0.1, 0.15) is 39.4 Å². The molecule has 0 saturated carbocycles.